The number of esters is 1. The summed E-state index contributed by atoms with van der Waals surface area (Å²) in [6, 6.07) is 20.5. The van der Waals surface area contributed by atoms with Crippen LogP contribution in [0.25, 0.3) is 0 Å². The molecule has 3 rings (SSSR count). The lowest BCUT2D eigenvalue weighted by molar-refractivity contribution is 0.0526. The Labute approximate surface area is 174 Å². The van der Waals surface area contributed by atoms with Crippen LogP contribution >= 0.6 is 0 Å². The van der Waals surface area contributed by atoms with E-state index in [0.717, 1.165) is 0 Å². The minimum Gasteiger partial charge on any atom is -0.462 e. The second-order valence-electron chi connectivity index (χ2n) is 6.22. The minimum absolute atomic E-state index is 0.0474. The molecule has 0 aliphatic carbocycles. The van der Waals surface area contributed by atoms with Crippen molar-refractivity contribution in [3.05, 3.63) is 90.0 Å². The van der Waals surface area contributed by atoms with Crippen LogP contribution in [0.4, 0.5) is 11.4 Å². The van der Waals surface area contributed by atoms with E-state index in [9.17, 15) is 18.0 Å². The Morgan fingerprint density at radius 3 is 2.17 bits per heavy atom. The predicted octanol–water partition coefficient (Wildman–Crippen LogP) is 3.92. The maximum Gasteiger partial charge on any atom is 0.338 e. The van der Waals surface area contributed by atoms with Crippen molar-refractivity contribution in [2.45, 2.75) is 11.8 Å². The Morgan fingerprint density at radius 2 is 1.50 bits per heavy atom. The van der Waals surface area contributed by atoms with Gasteiger partial charge in [-0.2, -0.15) is 0 Å². The first-order chi connectivity index (χ1) is 14.4. The number of ether oxygens (including phenoxy) is 1. The van der Waals surface area contributed by atoms with Gasteiger partial charge in [-0.3, -0.25) is 9.52 Å². The van der Waals surface area contributed by atoms with Gasteiger partial charge in [0.15, 0.2) is 0 Å². The van der Waals surface area contributed by atoms with E-state index in [2.05, 4.69) is 10.0 Å². The van der Waals surface area contributed by atoms with Crippen LogP contribution in [0.5, 0.6) is 0 Å². The largest absolute Gasteiger partial charge is 0.462 e. The van der Waals surface area contributed by atoms with Crippen molar-refractivity contribution >= 4 is 33.3 Å². The van der Waals surface area contributed by atoms with E-state index < -0.39 is 21.9 Å². The van der Waals surface area contributed by atoms with Crippen LogP contribution in [-0.4, -0.2) is 26.9 Å². The summed E-state index contributed by atoms with van der Waals surface area (Å²) in [7, 11) is -3.98. The third kappa shape index (κ3) is 5.03. The van der Waals surface area contributed by atoms with Crippen molar-refractivity contribution in [3.63, 3.8) is 0 Å². The van der Waals surface area contributed by atoms with Crippen LogP contribution < -0.4 is 10.0 Å². The van der Waals surface area contributed by atoms with E-state index in [1.54, 1.807) is 43.3 Å². The molecular weight excluding hydrogens is 404 g/mol. The molecule has 0 fully saturated rings. The maximum atomic E-state index is 12.8. The van der Waals surface area contributed by atoms with Gasteiger partial charge >= 0.3 is 5.97 Å². The predicted molar refractivity (Wildman–Crippen MR) is 114 cm³/mol. The zero-order valence-electron chi connectivity index (χ0n) is 16.2. The van der Waals surface area contributed by atoms with Gasteiger partial charge in [-0.05, 0) is 55.5 Å². The zero-order valence-corrected chi connectivity index (χ0v) is 17.0. The summed E-state index contributed by atoms with van der Waals surface area (Å²) in [5, 5.41) is 2.73. The second kappa shape index (κ2) is 9.23. The molecule has 7 nitrogen and oxygen atoms in total. The van der Waals surface area contributed by atoms with Gasteiger partial charge in [0.05, 0.1) is 28.3 Å². The van der Waals surface area contributed by atoms with Gasteiger partial charge in [0.2, 0.25) is 0 Å². The number of rotatable bonds is 7. The maximum absolute atomic E-state index is 12.8. The monoisotopic (exact) mass is 424 g/mol. The summed E-state index contributed by atoms with van der Waals surface area (Å²) in [5.74, 6) is -0.977. The van der Waals surface area contributed by atoms with Gasteiger partial charge < -0.3 is 10.1 Å². The molecule has 3 aromatic carbocycles. The third-order valence-corrected chi connectivity index (χ3v) is 5.50. The Balaban J connectivity index is 1.82. The minimum atomic E-state index is -3.98. The number of amides is 1. The Kier molecular flexibility index (Phi) is 6.48. The average molecular weight is 424 g/mol. The van der Waals surface area contributed by atoms with Crippen molar-refractivity contribution < 1.29 is 22.7 Å². The molecule has 0 aliphatic heterocycles. The fourth-order valence-corrected chi connectivity index (χ4v) is 3.76. The molecule has 30 heavy (non-hydrogen) atoms. The van der Waals surface area contributed by atoms with Crippen LogP contribution in [0.2, 0.25) is 0 Å². The summed E-state index contributed by atoms with van der Waals surface area (Å²) in [6.45, 7) is 1.91. The Morgan fingerprint density at radius 1 is 0.867 bits per heavy atom. The summed E-state index contributed by atoms with van der Waals surface area (Å²) < 4.78 is 32.9. The van der Waals surface area contributed by atoms with Crippen LogP contribution in [0.3, 0.4) is 0 Å². The fourth-order valence-electron chi connectivity index (χ4n) is 2.68. The van der Waals surface area contributed by atoms with Gasteiger partial charge in [-0.15, -0.1) is 0 Å². The molecule has 0 spiro atoms. The first kappa shape index (κ1) is 21.1. The number of hydrogen-bond donors (Lipinski definition) is 2. The molecule has 0 saturated carbocycles. The quantitative estimate of drug-likeness (QED) is 0.560. The lowest BCUT2D eigenvalue weighted by Gasteiger charge is -2.13. The normalized spacial score (nSPS) is 10.8. The molecule has 0 radical (unpaired) electrons. The Bertz CT molecular complexity index is 1140. The summed E-state index contributed by atoms with van der Waals surface area (Å²) >= 11 is 0. The average Bonchev–Trinajstić information content (AvgIpc) is 2.75. The lowest BCUT2D eigenvalue weighted by Crippen LogP contribution is -2.18. The number of carbonyl (C=O) groups is 2. The van der Waals surface area contributed by atoms with Crippen molar-refractivity contribution in [1.29, 1.82) is 0 Å². The lowest BCUT2D eigenvalue weighted by atomic mass is 10.1. The van der Waals surface area contributed by atoms with Crippen molar-refractivity contribution in [2.24, 2.45) is 0 Å². The van der Waals surface area contributed by atoms with Gasteiger partial charge in [-0.25, -0.2) is 13.2 Å². The number of hydrogen-bond acceptors (Lipinski definition) is 5. The third-order valence-electron chi connectivity index (χ3n) is 4.12. The molecule has 1 amide bonds. The van der Waals surface area contributed by atoms with Crippen molar-refractivity contribution in [2.75, 3.05) is 16.6 Å². The molecule has 0 atom stereocenters. The highest BCUT2D eigenvalue weighted by Gasteiger charge is 2.19. The molecule has 0 heterocycles. The topological polar surface area (TPSA) is 102 Å². The molecule has 0 bridgehead atoms. The number of para-hydroxylation sites is 2. The number of nitrogens with one attached hydrogen (secondary N) is 2. The highest BCUT2D eigenvalue weighted by atomic mass is 32.2. The Hall–Kier alpha value is -3.65. The highest BCUT2D eigenvalue weighted by molar-refractivity contribution is 7.92. The van der Waals surface area contributed by atoms with E-state index in [4.69, 9.17) is 4.74 Å². The van der Waals surface area contributed by atoms with E-state index >= 15 is 0 Å². The summed E-state index contributed by atoms with van der Waals surface area (Å²) in [5.41, 5.74) is 1.15. The fraction of sp³-hybridized carbons (Fsp3) is 0.0909. The van der Waals surface area contributed by atoms with Gasteiger partial charge in [0.25, 0.3) is 15.9 Å². The molecule has 0 aliphatic rings. The van der Waals surface area contributed by atoms with Crippen LogP contribution in [0.1, 0.15) is 27.6 Å². The first-order valence-corrected chi connectivity index (χ1v) is 10.6. The number of anilines is 2. The molecule has 0 aromatic heterocycles. The number of benzene rings is 3. The van der Waals surface area contributed by atoms with Crippen LogP contribution in [0, 0.1) is 0 Å². The van der Waals surface area contributed by atoms with Crippen LogP contribution in [0.15, 0.2) is 83.8 Å². The second-order valence-corrected chi connectivity index (χ2v) is 7.90. The molecule has 0 saturated heterocycles. The molecule has 154 valence electrons. The number of sulfonamides is 1. The first-order valence-electron chi connectivity index (χ1n) is 9.16. The van der Waals surface area contributed by atoms with Crippen LogP contribution in [-0.2, 0) is 14.8 Å². The molecule has 8 heteroatoms. The molecule has 3 aromatic rings. The van der Waals surface area contributed by atoms with Crippen molar-refractivity contribution in [1.82, 2.24) is 0 Å². The van der Waals surface area contributed by atoms with E-state index in [1.165, 1.54) is 36.4 Å². The smallest absolute Gasteiger partial charge is 0.338 e. The standard InChI is InChI=1S/C22H20N2O5S/c1-2-29-22(26)16-12-14-18(15-13-16)30(27,28)24-20-11-7-6-10-19(20)21(25)23-17-8-4-3-5-9-17/h3-15,24H,2H2,1H3,(H,23,25). The zero-order chi connectivity index (χ0) is 21.6. The van der Waals surface area contributed by atoms with Gasteiger partial charge in [-0.1, -0.05) is 30.3 Å². The van der Waals surface area contributed by atoms with Crippen molar-refractivity contribution in [3.8, 4) is 0 Å². The number of carbonyl (C=O) groups excluding carboxylic acids is 2. The SMILES string of the molecule is CCOC(=O)c1ccc(S(=O)(=O)Nc2ccccc2C(=O)Nc2ccccc2)cc1. The summed E-state index contributed by atoms with van der Waals surface area (Å²) in [6.07, 6.45) is 0. The highest BCUT2D eigenvalue weighted by Crippen LogP contribution is 2.22. The van der Waals surface area contributed by atoms with Gasteiger partial charge in [0.1, 0.15) is 0 Å². The molecule has 2 N–H and O–H groups in total. The van der Waals surface area contributed by atoms with Gasteiger partial charge in [0, 0.05) is 5.69 Å². The van der Waals surface area contributed by atoms with E-state index in [1.807, 2.05) is 6.07 Å². The van der Waals surface area contributed by atoms with E-state index in [-0.39, 0.29) is 28.3 Å². The summed E-state index contributed by atoms with van der Waals surface area (Å²) in [4.78, 5) is 24.3. The molecule has 0 unspecified atom stereocenters. The molecular formula is C22H20N2O5S. The van der Waals surface area contributed by atoms with E-state index in [0.29, 0.717) is 5.69 Å².